The number of aromatic nitrogens is 5. The summed E-state index contributed by atoms with van der Waals surface area (Å²) < 4.78 is 0. The third kappa shape index (κ3) is 6.99. The summed E-state index contributed by atoms with van der Waals surface area (Å²) >= 11 is 0. The second kappa shape index (κ2) is 13.2. The maximum Gasteiger partial charge on any atom is 0.164 e. The topological polar surface area (TPSA) is 64.5 Å². The van der Waals surface area contributed by atoms with Crippen molar-refractivity contribution in [2.75, 3.05) is 0 Å². The summed E-state index contributed by atoms with van der Waals surface area (Å²) in [6, 6.07) is 42.3. The second-order valence-electron chi connectivity index (χ2n) is 14.8. The molecule has 0 saturated heterocycles. The molecule has 2 heterocycles. The van der Waals surface area contributed by atoms with Crippen molar-refractivity contribution < 1.29 is 0 Å². The number of benzene rings is 5. The molecule has 0 amide bonds. The van der Waals surface area contributed by atoms with E-state index in [1.54, 1.807) is 18.6 Å². The normalized spacial score (nSPS) is 11.8. The van der Waals surface area contributed by atoms with Gasteiger partial charge in [0.25, 0.3) is 0 Å². The molecule has 50 heavy (non-hydrogen) atoms. The Balaban J connectivity index is 1.49. The molecule has 0 spiro atoms. The number of nitrogens with zero attached hydrogens (tertiary/aromatic N) is 5. The summed E-state index contributed by atoms with van der Waals surface area (Å²) in [5.41, 5.74) is 11.4. The molecule has 5 aromatic carbocycles. The summed E-state index contributed by atoms with van der Waals surface area (Å²) in [7, 11) is 0. The van der Waals surface area contributed by atoms with E-state index < -0.39 is 0 Å². The van der Waals surface area contributed by atoms with Crippen molar-refractivity contribution >= 4 is 0 Å². The Morgan fingerprint density at radius 2 is 0.900 bits per heavy atom. The Morgan fingerprint density at radius 1 is 0.400 bits per heavy atom. The lowest BCUT2D eigenvalue weighted by Gasteiger charge is -2.26. The van der Waals surface area contributed by atoms with Crippen LogP contribution in [-0.2, 0) is 10.8 Å². The Kier molecular flexibility index (Phi) is 8.67. The van der Waals surface area contributed by atoms with Crippen LogP contribution in [-0.4, -0.2) is 24.9 Å². The molecule has 0 aliphatic heterocycles. The van der Waals surface area contributed by atoms with E-state index in [0.29, 0.717) is 17.5 Å². The number of hydrogen-bond donors (Lipinski definition) is 0. The van der Waals surface area contributed by atoms with Gasteiger partial charge in [-0.1, -0.05) is 145 Å². The largest absolute Gasteiger partial charge is 0.261 e. The van der Waals surface area contributed by atoms with Crippen molar-refractivity contribution in [2.45, 2.75) is 52.4 Å². The Morgan fingerprint density at radius 3 is 1.50 bits per heavy atom. The molecule has 0 saturated carbocycles. The second-order valence-corrected chi connectivity index (χ2v) is 14.8. The van der Waals surface area contributed by atoms with E-state index >= 15 is 0 Å². The van der Waals surface area contributed by atoms with E-state index in [0.717, 1.165) is 50.2 Å². The van der Waals surface area contributed by atoms with Gasteiger partial charge in [-0.15, -0.1) is 0 Å². The van der Waals surface area contributed by atoms with Gasteiger partial charge in [0.15, 0.2) is 17.5 Å². The van der Waals surface area contributed by atoms with Crippen molar-refractivity contribution in [3.05, 3.63) is 151 Å². The van der Waals surface area contributed by atoms with Gasteiger partial charge in [-0.3, -0.25) is 9.97 Å². The third-order valence-electron chi connectivity index (χ3n) is 8.97. The van der Waals surface area contributed by atoms with E-state index in [2.05, 4.69) is 125 Å². The molecule has 0 N–H and O–H groups in total. The van der Waals surface area contributed by atoms with Crippen LogP contribution in [0.5, 0.6) is 0 Å². The molecule has 0 unspecified atom stereocenters. The SMILES string of the molecule is CC(C)(C)c1cc(-c2cc(-c3cnccn3)cc(-c3nc(-c4ccccc4)nc(-c4ccccc4-c4ccccc4)n3)c2)cc(C(C)(C)C)c1. The zero-order chi connectivity index (χ0) is 34.9. The van der Waals surface area contributed by atoms with E-state index in [1.807, 2.05) is 42.5 Å². The molecule has 0 radical (unpaired) electrons. The summed E-state index contributed by atoms with van der Waals surface area (Å²) in [5, 5.41) is 0. The third-order valence-corrected chi connectivity index (χ3v) is 8.97. The Bertz CT molecular complexity index is 2230. The van der Waals surface area contributed by atoms with Crippen LogP contribution in [0, 0.1) is 0 Å². The maximum atomic E-state index is 5.21. The Hall–Kier alpha value is -5.81. The molecule has 7 aromatic rings. The van der Waals surface area contributed by atoms with Gasteiger partial charge in [0, 0.05) is 34.6 Å². The van der Waals surface area contributed by atoms with Crippen molar-refractivity contribution in [1.82, 2.24) is 24.9 Å². The van der Waals surface area contributed by atoms with Crippen molar-refractivity contribution in [3.8, 4) is 67.7 Å². The molecule has 0 aliphatic carbocycles. The number of rotatable bonds is 6. The van der Waals surface area contributed by atoms with Gasteiger partial charge >= 0.3 is 0 Å². The first-order valence-corrected chi connectivity index (χ1v) is 17.1. The zero-order valence-electron chi connectivity index (χ0n) is 29.5. The first-order valence-electron chi connectivity index (χ1n) is 17.1. The lowest BCUT2D eigenvalue weighted by molar-refractivity contribution is 0.569. The summed E-state index contributed by atoms with van der Waals surface area (Å²) in [5.74, 6) is 1.82. The Labute approximate surface area is 295 Å². The van der Waals surface area contributed by atoms with Crippen molar-refractivity contribution in [2.24, 2.45) is 0 Å². The highest BCUT2D eigenvalue weighted by molar-refractivity contribution is 5.83. The highest BCUT2D eigenvalue weighted by Gasteiger charge is 2.22. The minimum atomic E-state index is -0.0266. The van der Waals surface area contributed by atoms with Gasteiger partial charge in [-0.2, -0.15) is 0 Å². The fraction of sp³-hybridized carbons (Fsp3) is 0.178. The molecule has 5 heteroatoms. The van der Waals surface area contributed by atoms with Gasteiger partial charge in [0.2, 0.25) is 0 Å². The lowest BCUT2D eigenvalue weighted by Crippen LogP contribution is -2.16. The van der Waals surface area contributed by atoms with Crippen LogP contribution in [0.4, 0.5) is 0 Å². The lowest BCUT2D eigenvalue weighted by atomic mass is 9.78. The molecule has 7 rings (SSSR count). The first-order chi connectivity index (χ1) is 24.0. The van der Waals surface area contributed by atoms with Gasteiger partial charge in [-0.25, -0.2) is 15.0 Å². The summed E-state index contributed by atoms with van der Waals surface area (Å²) in [6.07, 6.45) is 5.24. The number of hydrogen-bond acceptors (Lipinski definition) is 5. The first kappa shape index (κ1) is 32.7. The predicted octanol–water partition coefficient (Wildman–Crippen LogP) is 11.3. The highest BCUT2D eigenvalue weighted by atomic mass is 15.0. The van der Waals surface area contributed by atoms with Crippen LogP contribution in [0.25, 0.3) is 67.7 Å². The van der Waals surface area contributed by atoms with E-state index in [-0.39, 0.29) is 10.8 Å². The summed E-state index contributed by atoms with van der Waals surface area (Å²) in [4.78, 5) is 24.5. The monoisotopic (exact) mass is 651 g/mol. The molecule has 0 aliphatic rings. The van der Waals surface area contributed by atoms with Crippen LogP contribution < -0.4 is 0 Å². The fourth-order valence-electron chi connectivity index (χ4n) is 6.07. The molecule has 0 bridgehead atoms. The van der Waals surface area contributed by atoms with Crippen LogP contribution in [0.3, 0.4) is 0 Å². The van der Waals surface area contributed by atoms with E-state index in [1.165, 1.54) is 11.1 Å². The summed E-state index contributed by atoms with van der Waals surface area (Å²) in [6.45, 7) is 13.6. The minimum Gasteiger partial charge on any atom is -0.261 e. The van der Waals surface area contributed by atoms with Gasteiger partial charge in [0.1, 0.15) is 0 Å². The van der Waals surface area contributed by atoms with E-state index in [9.17, 15) is 0 Å². The molecular weight excluding hydrogens is 611 g/mol. The quantitative estimate of drug-likeness (QED) is 0.179. The minimum absolute atomic E-state index is 0.0266. The average molecular weight is 652 g/mol. The molecule has 0 fully saturated rings. The van der Waals surface area contributed by atoms with Crippen LogP contribution in [0.15, 0.2) is 140 Å². The average Bonchev–Trinajstić information content (AvgIpc) is 3.14. The van der Waals surface area contributed by atoms with Crippen molar-refractivity contribution in [1.29, 1.82) is 0 Å². The molecular formula is C45H41N5. The van der Waals surface area contributed by atoms with Crippen LogP contribution in [0.1, 0.15) is 52.7 Å². The van der Waals surface area contributed by atoms with E-state index in [4.69, 9.17) is 19.9 Å². The van der Waals surface area contributed by atoms with Crippen molar-refractivity contribution in [3.63, 3.8) is 0 Å². The van der Waals surface area contributed by atoms with Crippen LogP contribution >= 0.6 is 0 Å². The standard InChI is InChI=1S/C45H41N5/c1-44(2,3)36-26-33(27-37(28-36)45(4,5)6)32-23-34(40-29-46-21-22-47-40)25-35(24-32)42-48-41(31-17-11-8-12-18-31)49-43(50-42)39-20-14-13-19-38(39)30-15-9-7-10-16-30/h7-29H,1-6H3. The molecule has 0 atom stereocenters. The highest BCUT2D eigenvalue weighted by Crippen LogP contribution is 2.38. The van der Waals surface area contributed by atoms with Gasteiger partial charge in [-0.05, 0) is 62.4 Å². The molecule has 246 valence electrons. The molecule has 5 nitrogen and oxygen atoms in total. The zero-order valence-corrected chi connectivity index (χ0v) is 29.5. The van der Waals surface area contributed by atoms with Gasteiger partial charge in [0.05, 0.1) is 11.9 Å². The molecule has 2 aromatic heterocycles. The maximum absolute atomic E-state index is 5.21. The van der Waals surface area contributed by atoms with Gasteiger partial charge < -0.3 is 0 Å². The van der Waals surface area contributed by atoms with Crippen LogP contribution in [0.2, 0.25) is 0 Å². The predicted molar refractivity (Wildman–Crippen MR) is 205 cm³/mol. The fourth-order valence-corrected chi connectivity index (χ4v) is 6.07. The smallest absolute Gasteiger partial charge is 0.164 e.